The summed E-state index contributed by atoms with van der Waals surface area (Å²) in [6.07, 6.45) is 2.27. The quantitative estimate of drug-likeness (QED) is 0.730. The highest BCUT2D eigenvalue weighted by Crippen LogP contribution is 2.29. The number of carbonyl (C=O) groups excluding carboxylic acids is 1. The van der Waals surface area contributed by atoms with Crippen molar-refractivity contribution in [2.75, 3.05) is 19.6 Å². The van der Waals surface area contributed by atoms with Crippen molar-refractivity contribution in [3.63, 3.8) is 0 Å². The van der Waals surface area contributed by atoms with Gasteiger partial charge in [-0.05, 0) is 37.3 Å². The smallest absolute Gasteiger partial charge is 0.224 e. The highest BCUT2D eigenvalue weighted by atomic mass is 35.5. The Morgan fingerprint density at radius 2 is 1.96 bits per heavy atom. The molecule has 0 spiro atoms. The van der Waals surface area contributed by atoms with Gasteiger partial charge in [-0.1, -0.05) is 43.1 Å². The van der Waals surface area contributed by atoms with Gasteiger partial charge < -0.3 is 5.32 Å². The molecule has 0 radical (unpaired) electrons. The predicted molar refractivity (Wildman–Crippen MR) is 106 cm³/mol. The molecule has 1 unspecified atom stereocenters. The Morgan fingerprint density at radius 1 is 1.31 bits per heavy atom. The lowest BCUT2D eigenvalue weighted by atomic mass is 9.98. The molecule has 5 nitrogen and oxygen atoms in total. The van der Waals surface area contributed by atoms with E-state index in [-0.39, 0.29) is 24.1 Å². The van der Waals surface area contributed by atoms with Crippen LogP contribution in [0.15, 0.2) is 18.2 Å². The number of hydrogen-bond acceptors (Lipinski definition) is 3. The van der Waals surface area contributed by atoms with E-state index >= 15 is 0 Å². The molecule has 0 aliphatic carbocycles. The molecule has 1 fully saturated rings. The third-order valence-corrected chi connectivity index (χ3v) is 7.04. The molecule has 1 aliphatic heterocycles. The Labute approximate surface area is 166 Å². The summed E-state index contributed by atoms with van der Waals surface area (Å²) in [5, 5.41) is 3.59. The van der Waals surface area contributed by atoms with Crippen LogP contribution in [-0.4, -0.2) is 38.3 Å². The fourth-order valence-corrected chi connectivity index (χ4v) is 5.34. The van der Waals surface area contributed by atoms with Crippen molar-refractivity contribution < 1.29 is 13.2 Å². The second-order valence-electron chi connectivity index (χ2n) is 7.13. The zero-order valence-corrected chi connectivity index (χ0v) is 17.5. The first kappa shape index (κ1) is 21.5. The average molecular weight is 421 g/mol. The molecule has 2 rings (SSSR count). The first-order valence-electron chi connectivity index (χ1n) is 8.89. The number of amides is 1. The Morgan fingerprint density at radius 3 is 2.58 bits per heavy atom. The summed E-state index contributed by atoms with van der Waals surface area (Å²) >= 11 is 12.2. The van der Waals surface area contributed by atoms with Gasteiger partial charge in [-0.15, -0.1) is 0 Å². The van der Waals surface area contributed by atoms with Crippen LogP contribution in [0.25, 0.3) is 0 Å². The van der Waals surface area contributed by atoms with Gasteiger partial charge in [-0.25, -0.2) is 12.7 Å². The monoisotopic (exact) mass is 420 g/mol. The van der Waals surface area contributed by atoms with E-state index in [9.17, 15) is 13.2 Å². The van der Waals surface area contributed by atoms with Crippen LogP contribution in [-0.2, 0) is 20.6 Å². The molecule has 26 heavy (non-hydrogen) atoms. The van der Waals surface area contributed by atoms with Crippen molar-refractivity contribution in [1.29, 1.82) is 0 Å². The van der Waals surface area contributed by atoms with Crippen molar-refractivity contribution in [3.8, 4) is 0 Å². The minimum atomic E-state index is -3.60. The van der Waals surface area contributed by atoms with E-state index in [0.29, 0.717) is 47.5 Å². The summed E-state index contributed by atoms with van der Waals surface area (Å²) < 4.78 is 27.0. The number of carbonyl (C=O) groups is 1. The molecule has 0 bridgehead atoms. The van der Waals surface area contributed by atoms with Crippen LogP contribution in [0.3, 0.4) is 0 Å². The Kier molecular flexibility index (Phi) is 7.76. The lowest BCUT2D eigenvalue weighted by Gasteiger charge is -2.31. The molecule has 1 aliphatic rings. The number of benzene rings is 1. The van der Waals surface area contributed by atoms with Crippen LogP contribution in [0.1, 0.15) is 38.7 Å². The summed E-state index contributed by atoms with van der Waals surface area (Å²) in [7, 11) is -3.60. The van der Waals surface area contributed by atoms with Crippen LogP contribution >= 0.6 is 23.2 Å². The van der Waals surface area contributed by atoms with Gasteiger partial charge in [0.2, 0.25) is 15.9 Å². The van der Waals surface area contributed by atoms with E-state index in [1.54, 1.807) is 18.2 Å². The maximum Gasteiger partial charge on any atom is 0.224 e. The first-order chi connectivity index (χ1) is 12.2. The standard InChI is InChI=1S/C18H26Cl2N2O3S/c1-13(2)8-9-21-18(23)14-5-4-10-22(11-14)26(24,25)12-15-16(19)6-3-7-17(15)20/h3,6-7,13-14H,4-5,8-12H2,1-2H3,(H,21,23). The molecule has 0 aromatic heterocycles. The fraction of sp³-hybridized carbons (Fsp3) is 0.611. The summed E-state index contributed by atoms with van der Waals surface area (Å²) in [6, 6.07) is 4.93. The zero-order chi connectivity index (χ0) is 19.3. The minimum absolute atomic E-state index is 0.0682. The SMILES string of the molecule is CC(C)CCNC(=O)C1CCCN(S(=O)(=O)Cc2c(Cl)cccc2Cl)C1. The second kappa shape index (κ2) is 9.40. The summed E-state index contributed by atoms with van der Waals surface area (Å²) in [4.78, 5) is 12.3. The number of hydrogen-bond donors (Lipinski definition) is 1. The Hall–Kier alpha value is -0.820. The van der Waals surface area contributed by atoms with Crippen LogP contribution in [0, 0.1) is 11.8 Å². The van der Waals surface area contributed by atoms with Gasteiger partial charge in [0, 0.05) is 35.2 Å². The first-order valence-corrected chi connectivity index (χ1v) is 11.3. The fourth-order valence-electron chi connectivity index (χ4n) is 2.98. The summed E-state index contributed by atoms with van der Waals surface area (Å²) in [5.74, 6) is -0.125. The topological polar surface area (TPSA) is 66.5 Å². The van der Waals surface area contributed by atoms with E-state index in [4.69, 9.17) is 23.2 Å². The summed E-state index contributed by atoms with van der Waals surface area (Å²) in [6.45, 7) is 5.44. The Balaban J connectivity index is 2.02. The third-order valence-electron chi connectivity index (χ3n) is 4.56. The van der Waals surface area contributed by atoms with Gasteiger partial charge in [0.05, 0.1) is 11.7 Å². The van der Waals surface area contributed by atoms with Crippen molar-refractivity contribution in [2.45, 2.75) is 38.9 Å². The third kappa shape index (κ3) is 5.84. The summed E-state index contributed by atoms with van der Waals surface area (Å²) in [5.41, 5.74) is 0.402. The number of nitrogens with one attached hydrogen (secondary N) is 1. The zero-order valence-electron chi connectivity index (χ0n) is 15.2. The highest BCUT2D eigenvalue weighted by molar-refractivity contribution is 7.88. The van der Waals surface area contributed by atoms with Gasteiger partial charge in [-0.2, -0.15) is 0 Å². The van der Waals surface area contributed by atoms with Crippen LogP contribution in [0.4, 0.5) is 0 Å². The molecule has 1 amide bonds. The van der Waals surface area contributed by atoms with Crippen LogP contribution in [0.5, 0.6) is 0 Å². The molecule has 1 aromatic rings. The van der Waals surface area contributed by atoms with Crippen molar-refractivity contribution >= 4 is 39.1 Å². The number of nitrogens with zero attached hydrogens (tertiary/aromatic N) is 1. The molecule has 1 heterocycles. The number of halogens is 2. The lowest BCUT2D eigenvalue weighted by molar-refractivity contribution is -0.126. The van der Waals surface area contributed by atoms with E-state index in [1.165, 1.54) is 4.31 Å². The molecule has 1 atom stereocenters. The predicted octanol–water partition coefficient (Wildman–Crippen LogP) is 3.70. The second-order valence-corrected chi connectivity index (χ2v) is 9.91. The molecule has 1 aromatic carbocycles. The largest absolute Gasteiger partial charge is 0.356 e. The number of piperidine rings is 1. The van der Waals surface area contributed by atoms with Crippen molar-refractivity contribution in [1.82, 2.24) is 9.62 Å². The minimum Gasteiger partial charge on any atom is -0.356 e. The molecule has 1 N–H and O–H groups in total. The average Bonchev–Trinajstić information content (AvgIpc) is 2.58. The highest BCUT2D eigenvalue weighted by Gasteiger charge is 2.33. The molecule has 1 saturated heterocycles. The molecular weight excluding hydrogens is 395 g/mol. The van der Waals surface area contributed by atoms with Crippen LogP contribution < -0.4 is 5.32 Å². The Bertz CT molecular complexity index is 718. The maximum absolute atomic E-state index is 12.8. The van der Waals surface area contributed by atoms with Gasteiger partial charge >= 0.3 is 0 Å². The van der Waals surface area contributed by atoms with E-state index in [1.807, 2.05) is 0 Å². The lowest BCUT2D eigenvalue weighted by Crippen LogP contribution is -2.46. The van der Waals surface area contributed by atoms with Crippen LogP contribution in [0.2, 0.25) is 10.0 Å². The molecule has 8 heteroatoms. The van der Waals surface area contributed by atoms with Gasteiger partial charge in [-0.3, -0.25) is 4.79 Å². The normalized spacial score (nSPS) is 18.9. The molecule has 146 valence electrons. The number of rotatable bonds is 7. The molecular formula is C18H26Cl2N2O3S. The van der Waals surface area contributed by atoms with E-state index in [0.717, 1.165) is 6.42 Å². The van der Waals surface area contributed by atoms with Crippen molar-refractivity contribution in [3.05, 3.63) is 33.8 Å². The van der Waals surface area contributed by atoms with E-state index < -0.39 is 10.0 Å². The number of sulfonamides is 1. The van der Waals surface area contributed by atoms with Gasteiger partial charge in [0.1, 0.15) is 0 Å². The maximum atomic E-state index is 12.8. The molecule has 0 saturated carbocycles. The van der Waals surface area contributed by atoms with Gasteiger partial charge in [0.15, 0.2) is 0 Å². The van der Waals surface area contributed by atoms with Gasteiger partial charge in [0.25, 0.3) is 0 Å². The van der Waals surface area contributed by atoms with E-state index in [2.05, 4.69) is 19.2 Å². The van der Waals surface area contributed by atoms with Crippen molar-refractivity contribution in [2.24, 2.45) is 11.8 Å².